The Morgan fingerprint density at radius 2 is 1.90 bits per heavy atom. The van der Waals surface area contributed by atoms with Crippen LogP contribution < -0.4 is 5.32 Å². The van der Waals surface area contributed by atoms with Gasteiger partial charge >= 0.3 is 6.18 Å². The maximum Gasteiger partial charge on any atom is 0.419 e. The van der Waals surface area contributed by atoms with Crippen LogP contribution in [0.4, 0.5) is 17.6 Å². The largest absolute Gasteiger partial charge is 0.419 e. The normalized spacial score (nSPS) is 18.4. The summed E-state index contributed by atoms with van der Waals surface area (Å²) in [5.41, 5.74) is -0.679. The summed E-state index contributed by atoms with van der Waals surface area (Å²) in [7, 11) is 1.91. The first-order valence-electron chi connectivity index (χ1n) is 6.65. The van der Waals surface area contributed by atoms with Crippen molar-refractivity contribution in [3.63, 3.8) is 0 Å². The van der Waals surface area contributed by atoms with E-state index in [1.165, 1.54) is 6.07 Å². The number of nitrogens with zero attached hydrogens (tertiary/aromatic N) is 1. The quantitative estimate of drug-likeness (QED) is 0.861. The van der Waals surface area contributed by atoms with Crippen LogP contribution in [0.1, 0.15) is 24.0 Å². The molecule has 1 aromatic rings. The standard InChI is InChI=1S/C14H18F4N2/c1-19-11-4-6-20(7-5-11)9-10-2-3-13(15)12(8-10)14(16,17)18/h2-3,8,11,19H,4-7,9H2,1H3. The van der Waals surface area contributed by atoms with E-state index in [-0.39, 0.29) is 0 Å². The molecule has 1 N–H and O–H groups in total. The van der Waals surface area contributed by atoms with Crippen molar-refractivity contribution in [2.75, 3.05) is 20.1 Å². The Balaban J connectivity index is 2.04. The summed E-state index contributed by atoms with van der Waals surface area (Å²) in [6, 6.07) is 3.72. The highest BCUT2D eigenvalue weighted by Gasteiger charge is 2.34. The molecule has 0 aromatic heterocycles. The van der Waals surface area contributed by atoms with E-state index in [9.17, 15) is 17.6 Å². The zero-order chi connectivity index (χ0) is 14.8. The Morgan fingerprint density at radius 1 is 1.25 bits per heavy atom. The SMILES string of the molecule is CNC1CCN(Cc2ccc(F)c(C(F)(F)F)c2)CC1. The van der Waals surface area contributed by atoms with E-state index < -0.39 is 17.6 Å². The molecule has 1 aliphatic rings. The third-order valence-corrected chi connectivity index (χ3v) is 3.74. The lowest BCUT2D eigenvalue weighted by Gasteiger charge is -2.31. The summed E-state index contributed by atoms with van der Waals surface area (Å²) in [5.74, 6) is -1.21. The second-order valence-electron chi connectivity index (χ2n) is 5.15. The number of rotatable bonds is 3. The molecule has 0 aliphatic carbocycles. The fourth-order valence-electron chi connectivity index (χ4n) is 2.53. The van der Waals surface area contributed by atoms with E-state index >= 15 is 0 Å². The fourth-order valence-corrected chi connectivity index (χ4v) is 2.53. The third-order valence-electron chi connectivity index (χ3n) is 3.74. The van der Waals surface area contributed by atoms with Gasteiger partial charge in [-0.15, -0.1) is 0 Å². The van der Waals surface area contributed by atoms with Crippen molar-refractivity contribution in [3.8, 4) is 0 Å². The van der Waals surface area contributed by atoms with Gasteiger partial charge in [0.1, 0.15) is 5.82 Å². The van der Waals surface area contributed by atoms with Crippen LogP contribution in [0.3, 0.4) is 0 Å². The number of hydrogen-bond donors (Lipinski definition) is 1. The number of alkyl halides is 3. The third kappa shape index (κ3) is 3.70. The highest BCUT2D eigenvalue weighted by Crippen LogP contribution is 2.32. The smallest absolute Gasteiger partial charge is 0.317 e. The number of nitrogens with one attached hydrogen (secondary N) is 1. The van der Waals surface area contributed by atoms with Crippen molar-refractivity contribution in [3.05, 3.63) is 35.1 Å². The minimum Gasteiger partial charge on any atom is -0.317 e. The molecular formula is C14H18F4N2. The molecule has 0 atom stereocenters. The highest BCUT2D eigenvalue weighted by molar-refractivity contribution is 5.27. The second-order valence-corrected chi connectivity index (χ2v) is 5.15. The van der Waals surface area contributed by atoms with Crippen LogP contribution in [0.5, 0.6) is 0 Å². The average molecular weight is 290 g/mol. The minimum absolute atomic E-state index is 0.430. The van der Waals surface area contributed by atoms with E-state index in [0.29, 0.717) is 18.2 Å². The molecule has 0 unspecified atom stereocenters. The van der Waals surface area contributed by atoms with Crippen molar-refractivity contribution >= 4 is 0 Å². The lowest BCUT2D eigenvalue weighted by Crippen LogP contribution is -2.40. The molecule has 1 aliphatic heterocycles. The summed E-state index contributed by atoms with van der Waals surface area (Å²) < 4.78 is 51.1. The van der Waals surface area contributed by atoms with Gasteiger partial charge in [-0.1, -0.05) is 6.07 Å². The van der Waals surface area contributed by atoms with E-state index in [1.54, 1.807) is 0 Å². The van der Waals surface area contributed by atoms with Crippen LogP contribution in [0.15, 0.2) is 18.2 Å². The Hall–Kier alpha value is -1.14. The predicted molar refractivity (Wildman–Crippen MR) is 68.8 cm³/mol. The van der Waals surface area contributed by atoms with E-state index in [0.717, 1.165) is 38.1 Å². The molecule has 0 saturated carbocycles. The van der Waals surface area contributed by atoms with Crippen molar-refractivity contribution in [2.24, 2.45) is 0 Å². The second kappa shape index (κ2) is 6.10. The molecule has 0 amide bonds. The molecule has 112 valence electrons. The topological polar surface area (TPSA) is 15.3 Å². The van der Waals surface area contributed by atoms with Crippen molar-refractivity contribution in [2.45, 2.75) is 31.6 Å². The van der Waals surface area contributed by atoms with Gasteiger partial charge in [0, 0.05) is 12.6 Å². The van der Waals surface area contributed by atoms with Crippen molar-refractivity contribution in [1.82, 2.24) is 10.2 Å². The number of hydrogen-bond acceptors (Lipinski definition) is 2. The molecule has 1 heterocycles. The van der Waals surface area contributed by atoms with Crippen LogP contribution in [-0.4, -0.2) is 31.1 Å². The molecule has 0 radical (unpaired) electrons. The molecule has 0 spiro atoms. The summed E-state index contributed by atoms with van der Waals surface area (Å²) in [5, 5.41) is 3.20. The number of benzene rings is 1. The van der Waals surface area contributed by atoms with E-state index in [2.05, 4.69) is 10.2 Å². The Labute approximate surface area is 115 Å². The van der Waals surface area contributed by atoms with Gasteiger partial charge in [0.15, 0.2) is 0 Å². The highest BCUT2D eigenvalue weighted by atomic mass is 19.4. The first-order chi connectivity index (χ1) is 9.40. The summed E-state index contributed by atoms with van der Waals surface area (Å²) in [6.07, 6.45) is -2.69. The lowest BCUT2D eigenvalue weighted by molar-refractivity contribution is -0.140. The molecule has 1 fully saturated rings. The molecule has 2 rings (SSSR count). The molecule has 20 heavy (non-hydrogen) atoms. The van der Waals surface area contributed by atoms with Gasteiger partial charge in [0.25, 0.3) is 0 Å². The fraction of sp³-hybridized carbons (Fsp3) is 0.571. The first kappa shape index (κ1) is 15.3. The number of piperidine rings is 1. The minimum atomic E-state index is -4.64. The predicted octanol–water partition coefficient (Wildman–Crippen LogP) is 3.03. The molecule has 1 aromatic carbocycles. The van der Waals surface area contributed by atoms with Gasteiger partial charge in [-0.25, -0.2) is 4.39 Å². The van der Waals surface area contributed by atoms with Gasteiger partial charge < -0.3 is 5.32 Å². The number of likely N-dealkylation sites (tertiary alicyclic amines) is 1. The van der Waals surface area contributed by atoms with Crippen LogP contribution in [-0.2, 0) is 12.7 Å². The zero-order valence-electron chi connectivity index (χ0n) is 11.3. The lowest BCUT2D eigenvalue weighted by atomic mass is 10.0. The summed E-state index contributed by atoms with van der Waals surface area (Å²) in [6.45, 7) is 2.11. The molecule has 2 nitrogen and oxygen atoms in total. The van der Waals surface area contributed by atoms with Gasteiger partial charge in [0.05, 0.1) is 5.56 Å². The van der Waals surface area contributed by atoms with Gasteiger partial charge in [-0.05, 0) is 50.7 Å². The Kier molecular flexibility index (Phi) is 4.65. The average Bonchev–Trinajstić information content (AvgIpc) is 2.40. The summed E-state index contributed by atoms with van der Waals surface area (Å²) >= 11 is 0. The van der Waals surface area contributed by atoms with Crippen LogP contribution in [0, 0.1) is 5.82 Å². The number of halogens is 4. The van der Waals surface area contributed by atoms with Crippen molar-refractivity contribution < 1.29 is 17.6 Å². The first-order valence-corrected chi connectivity index (χ1v) is 6.65. The molecular weight excluding hydrogens is 272 g/mol. The maximum atomic E-state index is 13.2. The van der Waals surface area contributed by atoms with Crippen LogP contribution in [0.25, 0.3) is 0 Å². The van der Waals surface area contributed by atoms with E-state index in [1.807, 2.05) is 7.05 Å². The molecule has 0 bridgehead atoms. The van der Waals surface area contributed by atoms with Gasteiger partial charge in [-0.2, -0.15) is 13.2 Å². The van der Waals surface area contributed by atoms with Crippen LogP contribution in [0.2, 0.25) is 0 Å². The van der Waals surface area contributed by atoms with E-state index in [4.69, 9.17) is 0 Å². The maximum absolute atomic E-state index is 13.2. The summed E-state index contributed by atoms with van der Waals surface area (Å²) in [4.78, 5) is 2.10. The van der Waals surface area contributed by atoms with Gasteiger partial charge in [0.2, 0.25) is 0 Å². The monoisotopic (exact) mass is 290 g/mol. The zero-order valence-corrected chi connectivity index (χ0v) is 11.3. The van der Waals surface area contributed by atoms with Gasteiger partial charge in [-0.3, -0.25) is 4.90 Å². The Morgan fingerprint density at radius 3 is 2.45 bits per heavy atom. The van der Waals surface area contributed by atoms with Crippen molar-refractivity contribution in [1.29, 1.82) is 0 Å². The molecule has 1 saturated heterocycles. The van der Waals surface area contributed by atoms with Crippen LogP contribution >= 0.6 is 0 Å². The molecule has 6 heteroatoms. The Bertz CT molecular complexity index is 451.